The minimum atomic E-state index is -2.18. The first kappa shape index (κ1) is 28.1. The van der Waals surface area contributed by atoms with Crippen LogP contribution in [0.15, 0.2) is 60.7 Å². The normalized spacial score (nSPS) is 13.0. The van der Waals surface area contributed by atoms with E-state index in [1.807, 2.05) is 36.4 Å². The maximum Gasteiger partial charge on any atom is 0.250 e. The molecule has 0 amide bonds. The Hall–Kier alpha value is -2.45. The molecule has 36 heavy (non-hydrogen) atoms. The average Bonchev–Trinajstić information content (AvgIpc) is 2.75. The summed E-state index contributed by atoms with van der Waals surface area (Å²) in [5.74, 6) is -0.615. The Morgan fingerprint density at radius 2 is 0.806 bits per heavy atom. The van der Waals surface area contributed by atoms with Crippen LogP contribution in [0.3, 0.4) is 0 Å². The van der Waals surface area contributed by atoms with Gasteiger partial charge in [0.2, 0.25) is 0 Å². The van der Waals surface area contributed by atoms with E-state index in [1.165, 1.54) is 0 Å². The van der Waals surface area contributed by atoms with Crippen LogP contribution in [0.2, 0.25) is 36.3 Å². The van der Waals surface area contributed by atoms with Crippen LogP contribution >= 0.6 is 0 Å². The summed E-state index contributed by atoms with van der Waals surface area (Å²) in [5.41, 5.74) is 1.48. The van der Waals surface area contributed by atoms with Gasteiger partial charge in [0.25, 0.3) is 16.6 Å². The molecule has 3 aromatic carbocycles. The van der Waals surface area contributed by atoms with Crippen molar-refractivity contribution in [2.24, 2.45) is 0 Å². The topological polar surface area (TPSA) is 18.5 Å². The van der Waals surface area contributed by atoms with Crippen molar-refractivity contribution in [2.75, 3.05) is 0 Å². The fourth-order valence-corrected chi connectivity index (χ4v) is 5.45. The number of hydrogen-bond acceptors (Lipinski definition) is 2. The minimum absolute atomic E-state index is 0.0262. The van der Waals surface area contributed by atoms with E-state index in [0.29, 0.717) is 22.6 Å². The lowest BCUT2D eigenvalue weighted by Crippen LogP contribution is -2.44. The maximum atomic E-state index is 15.7. The summed E-state index contributed by atoms with van der Waals surface area (Å²) < 4.78 is 44.4. The van der Waals surface area contributed by atoms with E-state index in [9.17, 15) is 0 Å². The van der Waals surface area contributed by atoms with Crippen molar-refractivity contribution < 1.29 is 17.6 Å². The van der Waals surface area contributed by atoms with Crippen molar-refractivity contribution in [1.82, 2.24) is 0 Å². The van der Waals surface area contributed by atoms with Crippen molar-refractivity contribution in [3.05, 3.63) is 72.3 Å². The fraction of sp³-hybridized carbons (Fsp3) is 0.400. The lowest BCUT2D eigenvalue weighted by atomic mass is 9.98. The molecule has 0 heterocycles. The van der Waals surface area contributed by atoms with E-state index >= 15 is 8.78 Å². The third-order valence-corrected chi connectivity index (χ3v) is 16.5. The minimum Gasteiger partial charge on any atom is -0.543 e. The molecule has 0 aliphatic rings. The monoisotopic (exact) mass is 526 g/mol. The molecule has 0 fully saturated rings. The van der Waals surface area contributed by atoms with Crippen LogP contribution < -0.4 is 8.85 Å². The van der Waals surface area contributed by atoms with Crippen LogP contribution in [0.1, 0.15) is 41.5 Å². The molecule has 0 bridgehead atoms. The fourth-order valence-electron chi connectivity index (χ4n) is 3.38. The number of para-hydroxylation sites is 2. The quantitative estimate of drug-likeness (QED) is 0.297. The van der Waals surface area contributed by atoms with Crippen LogP contribution in [0.5, 0.6) is 11.5 Å². The Bertz CT molecular complexity index is 1140. The molecule has 0 unspecified atom stereocenters. The van der Waals surface area contributed by atoms with Gasteiger partial charge < -0.3 is 8.85 Å². The van der Waals surface area contributed by atoms with Crippen LogP contribution in [0, 0.1) is 11.6 Å². The largest absolute Gasteiger partial charge is 0.543 e. The van der Waals surface area contributed by atoms with E-state index in [2.05, 4.69) is 67.7 Å². The number of rotatable bonds is 6. The zero-order chi connectivity index (χ0) is 27.1. The highest BCUT2D eigenvalue weighted by molar-refractivity contribution is 6.75. The van der Waals surface area contributed by atoms with Gasteiger partial charge in [-0.25, -0.2) is 8.78 Å². The van der Waals surface area contributed by atoms with Gasteiger partial charge in [0.05, 0.1) is 0 Å². The van der Waals surface area contributed by atoms with Crippen LogP contribution in [0.4, 0.5) is 8.78 Å². The highest BCUT2D eigenvalue weighted by atomic mass is 28.4. The second-order valence-electron chi connectivity index (χ2n) is 12.5. The van der Waals surface area contributed by atoms with E-state index in [0.717, 1.165) is 0 Å². The molecular formula is C30H40F2O2Si2. The highest BCUT2D eigenvalue weighted by Gasteiger charge is 2.40. The molecule has 0 aliphatic carbocycles. The van der Waals surface area contributed by atoms with Gasteiger partial charge in [-0.15, -0.1) is 0 Å². The molecule has 3 aromatic rings. The number of hydrogen-bond donors (Lipinski definition) is 0. The molecule has 2 nitrogen and oxygen atoms in total. The van der Waals surface area contributed by atoms with Gasteiger partial charge in [-0.1, -0.05) is 90.1 Å². The van der Waals surface area contributed by atoms with Crippen LogP contribution in [-0.4, -0.2) is 16.6 Å². The summed E-state index contributed by atoms with van der Waals surface area (Å²) >= 11 is 0. The summed E-state index contributed by atoms with van der Waals surface area (Å²) in [6, 6.07) is 17.9. The Balaban J connectivity index is 2.08. The second kappa shape index (κ2) is 9.78. The van der Waals surface area contributed by atoms with Crippen LogP contribution in [-0.2, 0) is 0 Å². The number of halogens is 2. The van der Waals surface area contributed by atoms with Crippen molar-refractivity contribution in [3.8, 4) is 33.8 Å². The third kappa shape index (κ3) is 5.60. The summed E-state index contributed by atoms with van der Waals surface area (Å²) in [7, 11) is -4.36. The molecule has 0 saturated carbocycles. The molecular weight excluding hydrogens is 486 g/mol. The Morgan fingerprint density at radius 3 is 1.11 bits per heavy atom. The first-order chi connectivity index (χ1) is 16.5. The van der Waals surface area contributed by atoms with Crippen molar-refractivity contribution in [2.45, 2.75) is 77.8 Å². The first-order valence-corrected chi connectivity index (χ1v) is 18.3. The molecule has 6 heteroatoms. The molecule has 194 valence electrons. The molecule has 0 atom stereocenters. The van der Waals surface area contributed by atoms with Gasteiger partial charge >= 0.3 is 0 Å². The summed E-state index contributed by atoms with van der Waals surface area (Å²) in [6.45, 7) is 21.5. The lowest BCUT2D eigenvalue weighted by Gasteiger charge is -2.37. The summed E-state index contributed by atoms with van der Waals surface area (Å²) in [6.07, 6.45) is 0. The van der Waals surface area contributed by atoms with Crippen molar-refractivity contribution >= 4 is 16.6 Å². The standard InChI is InChI=1S/C30H40F2O2Si2/c1-29(2,3)35(7,8)33-25-17-13-11-15-21(25)23-19-20-24(28(32)27(23)31)22-16-12-14-18-26(22)34-36(9,10)30(4,5)6/h11-20H,1-10H3. The molecule has 0 saturated heterocycles. The van der Waals surface area contributed by atoms with E-state index in [-0.39, 0.29) is 21.2 Å². The third-order valence-electron chi connectivity index (χ3n) is 7.78. The molecule has 3 rings (SSSR count). The predicted molar refractivity (Wildman–Crippen MR) is 153 cm³/mol. The van der Waals surface area contributed by atoms with Gasteiger partial charge in [0.15, 0.2) is 11.6 Å². The Morgan fingerprint density at radius 1 is 0.500 bits per heavy atom. The molecule has 0 spiro atoms. The van der Waals surface area contributed by atoms with E-state index in [4.69, 9.17) is 8.85 Å². The van der Waals surface area contributed by atoms with Crippen molar-refractivity contribution in [1.29, 1.82) is 0 Å². The first-order valence-electron chi connectivity index (χ1n) is 12.5. The van der Waals surface area contributed by atoms with Crippen LogP contribution in [0.25, 0.3) is 22.3 Å². The summed E-state index contributed by atoms with van der Waals surface area (Å²) in [5, 5.41) is -0.0523. The zero-order valence-corrected chi connectivity index (χ0v) is 25.3. The highest BCUT2D eigenvalue weighted by Crippen LogP contribution is 2.44. The SMILES string of the molecule is CC(C)(C)[Si](C)(C)Oc1ccccc1-c1ccc(-c2ccccc2O[Si](C)(C)C(C)(C)C)c(F)c1F. The molecule has 0 radical (unpaired) electrons. The molecule has 0 aromatic heterocycles. The molecule has 0 N–H and O–H groups in total. The molecule has 0 aliphatic heterocycles. The predicted octanol–water partition coefficient (Wildman–Crippen LogP) is 10.1. The smallest absolute Gasteiger partial charge is 0.250 e. The lowest BCUT2D eigenvalue weighted by molar-refractivity contribution is 0.489. The van der Waals surface area contributed by atoms with E-state index in [1.54, 1.807) is 24.3 Å². The van der Waals surface area contributed by atoms with Gasteiger partial charge in [-0.3, -0.25) is 0 Å². The number of benzene rings is 3. The second-order valence-corrected chi connectivity index (χ2v) is 22.0. The van der Waals surface area contributed by atoms with E-state index < -0.39 is 28.3 Å². The van der Waals surface area contributed by atoms with Gasteiger partial charge in [-0.05, 0) is 48.4 Å². The maximum absolute atomic E-state index is 15.7. The van der Waals surface area contributed by atoms with Gasteiger partial charge in [0.1, 0.15) is 11.5 Å². The Kier molecular flexibility index (Phi) is 7.65. The summed E-state index contributed by atoms with van der Waals surface area (Å²) in [4.78, 5) is 0. The average molecular weight is 527 g/mol. The zero-order valence-electron chi connectivity index (χ0n) is 23.3. The van der Waals surface area contributed by atoms with Gasteiger partial charge in [-0.2, -0.15) is 0 Å². The van der Waals surface area contributed by atoms with Gasteiger partial charge in [0, 0.05) is 22.3 Å². The Labute approximate surface area is 217 Å². The van der Waals surface area contributed by atoms with Crippen molar-refractivity contribution in [3.63, 3.8) is 0 Å².